The summed E-state index contributed by atoms with van der Waals surface area (Å²) in [5, 5.41) is 0. The minimum atomic E-state index is -0.288. The van der Waals surface area contributed by atoms with Crippen LogP contribution in [0.1, 0.15) is 26.2 Å². The van der Waals surface area contributed by atoms with Crippen LogP contribution in [0.15, 0.2) is 41.2 Å². The zero-order chi connectivity index (χ0) is 14.5. The van der Waals surface area contributed by atoms with E-state index in [9.17, 15) is 9.18 Å². The van der Waals surface area contributed by atoms with Crippen molar-refractivity contribution in [1.29, 1.82) is 0 Å². The first-order chi connectivity index (χ1) is 9.63. The van der Waals surface area contributed by atoms with Crippen molar-refractivity contribution in [2.75, 3.05) is 5.73 Å². The van der Waals surface area contributed by atoms with Crippen molar-refractivity contribution >= 4 is 5.69 Å². The van der Waals surface area contributed by atoms with Crippen LogP contribution < -0.4 is 11.3 Å². The molecule has 1 aromatic heterocycles. The lowest BCUT2D eigenvalue weighted by Crippen LogP contribution is -2.24. The molecule has 0 aliphatic carbocycles. The largest absolute Gasteiger partial charge is 0.394 e. The van der Waals surface area contributed by atoms with Crippen molar-refractivity contribution in [2.24, 2.45) is 0 Å². The van der Waals surface area contributed by atoms with Gasteiger partial charge in [0.1, 0.15) is 5.82 Å². The van der Waals surface area contributed by atoms with E-state index in [2.05, 4.69) is 6.92 Å². The Bertz CT molecular complexity index is 632. The van der Waals surface area contributed by atoms with E-state index in [4.69, 9.17) is 5.73 Å². The van der Waals surface area contributed by atoms with Crippen molar-refractivity contribution < 1.29 is 4.39 Å². The summed E-state index contributed by atoms with van der Waals surface area (Å²) in [6.07, 6.45) is 3.07. The lowest BCUT2D eigenvalue weighted by Gasteiger charge is -2.13. The molecule has 0 spiro atoms. The molecule has 0 saturated heterocycles. The summed E-state index contributed by atoms with van der Waals surface area (Å²) in [6.45, 7) is 2.74. The molecule has 2 aromatic rings. The second-order valence-corrected chi connectivity index (χ2v) is 4.84. The monoisotopic (exact) mass is 274 g/mol. The number of nitrogens with two attached hydrogens (primary N) is 1. The quantitative estimate of drug-likeness (QED) is 0.849. The van der Waals surface area contributed by atoms with E-state index in [1.165, 1.54) is 12.1 Å². The van der Waals surface area contributed by atoms with E-state index in [0.717, 1.165) is 30.5 Å². The van der Waals surface area contributed by atoms with Crippen LogP contribution in [-0.4, -0.2) is 4.57 Å². The molecule has 0 fully saturated rings. The van der Waals surface area contributed by atoms with Crippen LogP contribution in [0.25, 0.3) is 11.3 Å². The maximum atomic E-state index is 13.0. The second kappa shape index (κ2) is 6.37. The van der Waals surface area contributed by atoms with Gasteiger partial charge >= 0.3 is 0 Å². The first-order valence-electron chi connectivity index (χ1n) is 6.88. The zero-order valence-electron chi connectivity index (χ0n) is 11.6. The molecular formula is C16H19FN2O. The summed E-state index contributed by atoms with van der Waals surface area (Å²) >= 11 is 0. The number of pyridine rings is 1. The summed E-state index contributed by atoms with van der Waals surface area (Å²) in [7, 11) is 0. The smallest absolute Gasteiger partial charge is 0.274 e. The number of hydrogen-bond donors (Lipinski definition) is 1. The first kappa shape index (κ1) is 14.3. The molecule has 20 heavy (non-hydrogen) atoms. The molecule has 0 bridgehead atoms. The highest BCUT2D eigenvalue weighted by Crippen LogP contribution is 2.20. The molecule has 0 saturated carbocycles. The average Bonchev–Trinajstić information content (AvgIpc) is 2.45. The first-order valence-corrected chi connectivity index (χ1v) is 6.88. The fourth-order valence-corrected chi connectivity index (χ4v) is 2.21. The highest BCUT2D eigenvalue weighted by atomic mass is 19.1. The highest BCUT2D eigenvalue weighted by Gasteiger charge is 2.08. The highest BCUT2D eigenvalue weighted by molar-refractivity contribution is 5.61. The molecule has 0 unspecified atom stereocenters. The number of halogens is 1. The number of hydrogen-bond acceptors (Lipinski definition) is 2. The molecule has 0 amide bonds. The van der Waals surface area contributed by atoms with Crippen LogP contribution in [0.4, 0.5) is 10.1 Å². The molecule has 1 heterocycles. The molecule has 2 rings (SSSR count). The van der Waals surface area contributed by atoms with E-state index in [1.807, 2.05) is 6.07 Å². The van der Waals surface area contributed by atoms with Crippen molar-refractivity contribution in [3.05, 3.63) is 52.6 Å². The fourth-order valence-electron chi connectivity index (χ4n) is 2.21. The fraction of sp³-hybridized carbons (Fsp3) is 0.312. The van der Waals surface area contributed by atoms with Crippen molar-refractivity contribution in [3.8, 4) is 11.3 Å². The third-order valence-corrected chi connectivity index (χ3v) is 3.33. The van der Waals surface area contributed by atoms with Crippen LogP contribution in [0.5, 0.6) is 0 Å². The topological polar surface area (TPSA) is 48.0 Å². The lowest BCUT2D eigenvalue weighted by molar-refractivity contribution is 0.593. The minimum Gasteiger partial charge on any atom is -0.394 e. The van der Waals surface area contributed by atoms with E-state index in [1.54, 1.807) is 22.8 Å². The van der Waals surface area contributed by atoms with Crippen LogP contribution in [0.2, 0.25) is 0 Å². The van der Waals surface area contributed by atoms with E-state index in [-0.39, 0.29) is 17.1 Å². The maximum absolute atomic E-state index is 13.0. The number of benzene rings is 1. The molecule has 0 aliphatic heterocycles. The van der Waals surface area contributed by atoms with Gasteiger partial charge in [-0.25, -0.2) is 4.39 Å². The third-order valence-electron chi connectivity index (χ3n) is 3.33. The van der Waals surface area contributed by atoms with E-state index >= 15 is 0 Å². The van der Waals surface area contributed by atoms with Crippen molar-refractivity contribution in [1.82, 2.24) is 4.57 Å². The number of nitrogen functional groups attached to an aromatic ring is 1. The Morgan fingerprint density at radius 1 is 1.10 bits per heavy atom. The summed E-state index contributed by atoms with van der Waals surface area (Å²) in [4.78, 5) is 12.2. The Balaban J connectivity index is 2.43. The standard InChI is InChI=1S/C16H19FN2O/c1-2-3-4-11-19-15(10-9-14(18)16(19)20)12-5-7-13(17)8-6-12/h5-10H,2-4,11,18H2,1H3. The molecule has 2 N–H and O–H groups in total. The Labute approximate surface area is 117 Å². The second-order valence-electron chi connectivity index (χ2n) is 4.84. The third kappa shape index (κ3) is 3.07. The average molecular weight is 274 g/mol. The summed E-state index contributed by atoms with van der Waals surface area (Å²) in [6, 6.07) is 9.57. The van der Waals surface area contributed by atoms with Gasteiger partial charge in [0, 0.05) is 6.54 Å². The Kier molecular flexibility index (Phi) is 4.56. The summed E-state index contributed by atoms with van der Waals surface area (Å²) in [5.74, 6) is -0.288. The molecule has 0 aliphatic rings. The number of unbranched alkanes of at least 4 members (excludes halogenated alkanes) is 2. The van der Waals surface area contributed by atoms with Crippen LogP contribution >= 0.6 is 0 Å². The van der Waals surface area contributed by atoms with Crippen LogP contribution in [0.3, 0.4) is 0 Å². The normalized spacial score (nSPS) is 10.7. The van der Waals surface area contributed by atoms with Gasteiger partial charge in [-0.1, -0.05) is 19.8 Å². The van der Waals surface area contributed by atoms with Gasteiger partial charge in [-0.05, 0) is 48.4 Å². The lowest BCUT2D eigenvalue weighted by atomic mass is 10.1. The molecule has 4 heteroatoms. The van der Waals surface area contributed by atoms with Gasteiger partial charge in [-0.3, -0.25) is 4.79 Å². The molecule has 106 valence electrons. The molecule has 0 radical (unpaired) electrons. The van der Waals surface area contributed by atoms with Gasteiger partial charge in [0.05, 0.1) is 11.4 Å². The van der Waals surface area contributed by atoms with Gasteiger partial charge in [0.2, 0.25) is 0 Å². The van der Waals surface area contributed by atoms with E-state index < -0.39 is 0 Å². The van der Waals surface area contributed by atoms with Gasteiger partial charge in [0.25, 0.3) is 5.56 Å². The molecule has 3 nitrogen and oxygen atoms in total. The number of rotatable bonds is 5. The summed E-state index contributed by atoms with van der Waals surface area (Å²) in [5.41, 5.74) is 7.37. The minimum absolute atomic E-state index is 0.178. The van der Waals surface area contributed by atoms with Gasteiger partial charge in [-0.15, -0.1) is 0 Å². The van der Waals surface area contributed by atoms with Crippen LogP contribution in [-0.2, 0) is 6.54 Å². The zero-order valence-corrected chi connectivity index (χ0v) is 11.6. The van der Waals surface area contributed by atoms with Crippen molar-refractivity contribution in [3.63, 3.8) is 0 Å². The molecule has 0 atom stereocenters. The predicted molar refractivity (Wildman–Crippen MR) is 80.0 cm³/mol. The Morgan fingerprint density at radius 2 is 1.80 bits per heavy atom. The van der Waals surface area contributed by atoms with Gasteiger partial charge in [0.15, 0.2) is 0 Å². The maximum Gasteiger partial charge on any atom is 0.274 e. The summed E-state index contributed by atoms with van der Waals surface area (Å²) < 4.78 is 14.7. The predicted octanol–water partition coefficient (Wildman–Crippen LogP) is 3.43. The van der Waals surface area contributed by atoms with Gasteiger partial charge < -0.3 is 10.3 Å². The number of aromatic nitrogens is 1. The number of nitrogens with zero attached hydrogens (tertiary/aromatic N) is 1. The Morgan fingerprint density at radius 3 is 2.45 bits per heavy atom. The molecular weight excluding hydrogens is 255 g/mol. The SMILES string of the molecule is CCCCCn1c(-c2ccc(F)cc2)ccc(N)c1=O. The number of anilines is 1. The Hall–Kier alpha value is -2.10. The van der Waals surface area contributed by atoms with E-state index in [0.29, 0.717) is 6.54 Å². The molecule has 1 aromatic carbocycles. The van der Waals surface area contributed by atoms with Crippen molar-refractivity contribution in [2.45, 2.75) is 32.7 Å². The van der Waals surface area contributed by atoms with Crippen LogP contribution in [0, 0.1) is 5.82 Å². The van der Waals surface area contributed by atoms with Gasteiger partial charge in [-0.2, -0.15) is 0 Å².